The first-order valence-corrected chi connectivity index (χ1v) is 11.1. The number of imide groups is 1. The number of anilines is 1. The average Bonchev–Trinajstić information content (AvgIpc) is 2.48. The normalized spacial score (nSPS) is 19.1. The Kier molecular flexibility index (Phi) is 5.39. The lowest BCUT2D eigenvalue weighted by Crippen LogP contribution is -2.47. The molecule has 7 nitrogen and oxygen atoms in total. The lowest BCUT2D eigenvalue weighted by atomic mass is 10.1. The molecule has 0 spiro atoms. The van der Waals surface area contributed by atoms with E-state index in [0.717, 1.165) is 5.69 Å². The van der Waals surface area contributed by atoms with Crippen LogP contribution >= 0.6 is 0 Å². The summed E-state index contributed by atoms with van der Waals surface area (Å²) < 4.78 is 6.11. The van der Waals surface area contributed by atoms with Gasteiger partial charge in [0.2, 0.25) is 11.8 Å². The first-order chi connectivity index (χ1) is 11.1. The van der Waals surface area contributed by atoms with Gasteiger partial charge in [-0.05, 0) is 36.7 Å². The predicted octanol–water partition coefficient (Wildman–Crippen LogP) is 2.22. The Morgan fingerprint density at radius 1 is 1.29 bits per heavy atom. The van der Waals surface area contributed by atoms with E-state index < -0.39 is 14.4 Å². The molecule has 8 heteroatoms. The summed E-state index contributed by atoms with van der Waals surface area (Å²) in [6.07, 6.45) is 0.790. The first-order valence-electron chi connectivity index (χ1n) is 8.15. The minimum absolute atomic E-state index is 0.147. The fourth-order valence-corrected chi connectivity index (χ4v) is 2.94. The van der Waals surface area contributed by atoms with E-state index in [1.54, 1.807) is 6.07 Å². The van der Waals surface area contributed by atoms with E-state index >= 15 is 0 Å². The lowest BCUT2D eigenvalue weighted by molar-refractivity contribution is -0.133. The standard InChI is InChI=1S/C16H26N4O3Si/c1-16(2,3)24(4,5)23-10-11-6-8-13(20-19-11)17-12-7-9-14(21)18-15(12)22/h6,8,12H,7,9-10H2,1-5H3,(H,17,20)(H,18,21,22). The van der Waals surface area contributed by atoms with Gasteiger partial charge in [0, 0.05) is 6.42 Å². The summed E-state index contributed by atoms with van der Waals surface area (Å²) in [7, 11) is -1.82. The number of hydrogen-bond donors (Lipinski definition) is 2. The molecule has 132 valence electrons. The van der Waals surface area contributed by atoms with Gasteiger partial charge in [-0.25, -0.2) is 0 Å². The van der Waals surface area contributed by atoms with Crippen LogP contribution in [0.1, 0.15) is 39.3 Å². The monoisotopic (exact) mass is 350 g/mol. The molecule has 1 saturated heterocycles. The quantitative estimate of drug-likeness (QED) is 0.625. The number of carbonyl (C=O) groups is 2. The highest BCUT2D eigenvalue weighted by molar-refractivity contribution is 6.74. The van der Waals surface area contributed by atoms with Crippen LogP contribution in [0.4, 0.5) is 5.82 Å². The molecule has 0 saturated carbocycles. The lowest BCUT2D eigenvalue weighted by Gasteiger charge is -2.35. The smallest absolute Gasteiger partial charge is 0.249 e. The van der Waals surface area contributed by atoms with Crippen LogP contribution < -0.4 is 10.6 Å². The van der Waals surface area contributed by atoms with E-state index in [-0.39, 0.29) is 16.9 Å². The summed E-state index contributed by atoms with van der Waals surface area (Å²) in [4.78, 5) is 22.9. The van der Waals surface area contributed by atoms with Crippen molar-refractivity contribution >= 4 is 25.9 Å². The fraction of sp³-hybridized carbons (Fsp3) is 0.625. The van der Waals surface area contributed by atoms with E-state index in [0.29, 0.717) is 25.3 Å². The second-order valence-corrected chi connectivity index (χ2v) is 12.4. The molecule has 1 aliphatic heterocycles. The fourth-order valence-electron chi connectivity index (χ4n) is 1.99. The average molecular weight is 350 g/mol. The minimum atomic E-state index is -1.82. The molecular formula is C16H26N4O3Si. The summed E-state index contributed by atoms with van der Waals surface area (Å²) in [6, 6.07) is 3.17. The highest BCUT2D eigenvalue weighted by Crippen LogP contribution is 2.36. The molecule has 24 heavy (non-hydrogen) atoms. The van der Waals surface area contributed by atoms with Gasteiger partial charge in [-0.1, -0.05) is 20.8 Å². The molecule has 2 amide bonds. The third-order valence-corrected chi connectivity index (χ3v) is 9.15. The van der Waals surface area contributed by atoms with Crippen molar-refractivity contribution < 1.29 is 14.0 Å². The van der Waals surface area contributed by atoms with Gasteiger partial charge in [-0.15, -0.1) is 5.10 Å². The van der Waals surface area contributed by atoms with Crippen LogP contribution in [0.15, 0.2) is 12.1 Å². The van der Waals surface area contributed by atoms with Crippen molar-refractivity contribution in [3.63, 3.8) is 0 Å². The van der Waals surface area contributed by atoms with Gasteiger partial charge in [-0.2, -0.15) is 5.10 Å². The summed E-state index contributed by atoms with van der Waals surface area (Å²) >= 11 is 0. The molecule has 1 atom stereocenters. The van der Waals surface area contributed by atoms with Crippen LogP contribution in [-0.2, 0) is 20.6 Å². The van der Waals surface area contributed by atoms with Gasteiger partial charge in [0.05, 0.1) is 12.3 Å². The molecule has 0 aliphatic carbocycles. The van der Waals surface area contributed by atoms with Gasteiger partial charge < -0.3 is 9.74 Å². The van der Waals surface area contributed by atoms with E-state index in [1.165, 1.54) is 0 Å². The molecule has 0 radical (unpaired) electrons. The van der Waals surface area contributed by atoms with E-state index in [9.17, 15) is 9.59 Å². The number of carbonyl (C=O) groups excluding carboxylic acids is 2. The third-order valence-electron chi connectivity index (χ3n) is 4.67. The van der Waals surface area contributed by atoms with Gasteiger partial charge in [0.15, 0.2) is 8.32 Å². The van der Waals surface area contributed by atoms with Crippen molar-refractivity contribution in [2.45, 2.75) is 64.4 Å². The van der Waals surface area contributed by atoms with Crippen LogP contribution in [0.3, 0.4) is 0 Å². The van der Waals surface area contributed by atoms with Crippen molar-refractivity contribution in [1.29, 1.82) is 0 Å². The second-order valence-electron chi connectivity index (χ2n) is 7.61. The third kappa shape index (κ3) is 4.61. The Balaban J connectivity index is 1.91. The minimum Gasteiger partial charge on any atom is -0.411 e. The summed E-state index contributed by atoms with van der Waals surface area (Å²) in [6.45, 7) is 11.4. The molecule has 2 N–H and O–H groups in total. The van der Waals surface area contributed by atoms with Crippen molar-refractivity contribution in [3.8, 4) is 0 Å². The van der Waals surface area contributed by atoms with Crippen LogP contribution in [0.2, 0.25) is 18.1 Å². The van der Waals surface area contributed by atoms with Crippen LogP contribution in [0.25, 0.3) is 0 Å². The zero-order valence-electron chi connectivity index (χ0n) is 15.0. The van der Waals surface area contributed by atoms with Crippen LogP contribution in [-0.4, -0.2) is 36.4 Å². The number of hydrogen-bond acceptors (Lipinski definition) is 6. The zero-order chi connectivity index (χ0) is 18.0. The number of amides is 2. The van der Waals surface area contributed by atoms with Crippen molar-refractivity contribution in [1.82, 2.24) is 15.5 Å². The molecule has 1 aromatic heterocycles. The van der Waals surface area contributed by atoms with Gasteiger partial charge in [-0.3, -0.25) is 14.9 Å². The Hall–Kier alpha value is -1.80. The summed E-state index contributed by atoms with van der Waals surface area (Å²) in [5, 5.41) is 13.7. The largest absolute Gasteiger partial charge is 0.411 e. The van der Waals surface area contributed by atoms with E-state index in [2.05, 4.69) is 54.7 Å². The molecule has 1 fully saturated rings. The number of aromatic nitrogens is 2. The van der Waals surface area contributed by atoms with Gasteiger partial charge >= 0.3 is 0 Å². The van der Waals surface area contributed by atoms with Crippen molar-refractivity contribution in [2.24, 2.45) is 0 Å². The second kappa shape index (κ2) is 6.98. The van der Waals surface area contributed by atoms with Gasteiger partial charge in [0.1, 0.15) is 11.9 Å². The van der Waals surface area contributed by atoms with Crippen molar-refractivity contribution in [2.75, 3.05) is 5.32 Å². The highest BCUT2D eigenvalue weighted by atomic mass is 28.4. The van der Waals surface area contributed by atoms with E-state index in [4.69, 9.17) is 4.43 Å². The Morgan fingerprint density at radius 2 is 2.00 bits per heavy atom. The zero-order valence-corrected chi connectivity index (χ0v) is 16.0. The maximum absolute atomic E-state index is 11.7. The predicted molar refractivity (Wildman–Crippen MR) is 93.8 cm³/mol. The summed E-state index contributed by atoms with van der Waals surface area (Å²) in [5.41, 5.74) is 0.758. The molecule has 0 aromatic carbocycles. The Morgan fingerprint density at radius 3 is 2.54 bits per heavy atom. The van der Waals surface area contributed by atoms with Crippen molar-refractivity contribution in [3.05, 3.63) is 17.8 Å². The first kappa shape index (κ1) is 18.5. The molecule has 0 bridgehead atoms. The Bertz CT molecular complexity index is 611. The molecule has 1 unspecified atom stereocenters. The number of nitrogens with one attached hydrogen (secondary N) is 2. The van der Waals surface area contributed by atoms with Crippen LogP contribution in [0, 0.1) is 0 Å². The molecular weight excluding hydrogens is 324 g/mol. The number of piperidine rings is 1. The molecule has 1 aromatic rings. The van der Waals surface area contributed by atoms with Crippen LogP contribution in [0.5, 0.6) is 0 Å². The van der Waals surface area contributed by atoms with Gasteiger partial charge in [0.25, 0.3) is 0 Å². The maximum atomic E-state index is 11.7. The maximum Gasteiger partial charge on any atom is 0.249 e. The number of rotatable bonds is 5. The van der Waals surface area contributed by atoms with E-state index in [1.807, 2.05) is 6.07 Å². The topological polar surface area (TPSA) is 93.2 Å². The summed E-state index contributed by atoms with van der Waals surface area (Å²) in [5.74, 6) is -0.0405. The molecule has 1 aliphatic rings. The SMILES string of the molecule is CC(C)(C)[Si](C)(C)OCc1ccc(NC2CCC(=O)NC2=O)nn1. The Labute approximate surface area is 143 Å². The number of nitrogens with zero attached hydrogens (tertiary/aromatic N) is 2. The molecule has 2 rings (SSSR count). The highest BCUT2D eigenvalue weighted by Gasteiger charge is 2.37. The molecule has 2 heterocycles.